The Labute approximate surface area is 129 Å². The number of carbonyl (C=O) groups is 1. The zero-order valence-corrected chi connectivity index (χ0v) is 13.8. The van der Waals surface area contributed by atoms with Crippen molar-refractivity contribution in [3.63, 3.8) is 0 Å². The zero-order chi connectivity index (χ0) is 15.8. The predicted molar refractivity (Wildman–Crippen MR) is 80.1 cm³/mol. The Morgan fingerprint density at radius 3 is 2.62 bits per heavy atom. The van der Waals surface area contributed by atoms with Gasteiger partial charge in [0, 0.05) is 17.1 Å². The van der Waals surface area contributed by atoms with Crippen LogP contribution in [-0.4, -0.2) is 37.3 Å². The van der Waals surface area contributed by atoms with Crippen LogP contribution in [-0.2, 0) is 21.1 Å². The number of hydrogen-bond donors (Lipinski definition) is 0. The number of benzene rings is 1. The third kappa shape index (κ3) is 3.68. The average Bonchev–Trinajstić information content (AvgIpc) is 2.46. The molecule has 7 heteroatoms. The first kappa shape index (κ1) is 16.1. The molecule has 1 aromatic carbocycles. The van der Waals surface area contributed by atoms with Crippen molar-refractivity contribution in [3.8, 4) is 0 Å². The van der Waals surface area contributed by atoms with Gasteiger partial charge in [-0.25, -0.2) is 13.2 Å². The van der Waals surface area contributed by atoms with Gasteiger partial charge < -0.3 is 9.64 Å². The van der Waals surface area contributed by atoms with Gasteiger partial charge in [0.2, 0.25) is 0 Å². The number of fused-ring (bicyclic) bond motifs is 1. The Morgan fingerprint density at radius 2 is 2.00 bits per heavy atom. The van der Waals surface area contributed by atoms with Crippen LogP contribution < -0.4 is 0 Å². The van der Waals surface area contributed by atoms with E-state index in [2.05, 4.69) is 0 Å². The summed E-state index contributed by atoms with van der Waals surface area (Å²) in [4.78, 5) is 13.7. The number of nitrogens with zero attached hydrogens (tertiary/aromatic N) is 1. The second-order valence-electron chi connectivity index (χ2n) is 5.94. The van der Waals surface area contributed by atoms with Crippen LogP contribution in [0.15, 0.2) is 23.1 Å². The Balaban J connectivity index is 2.37. The van der Waals surface area contributed by atoms with E-state index in [9.17, 15) is 13.2 Å². The first-order valence-corrected chi connectivity index (χ1v) is 8.61. The molecule has 0 radical (unpaired) electrons. The molecule has 1 aliphatic rings. The second kappa shape index (κ2) is 5.50. The van der Waals surface area contributed by atoms with E-state index >= 15 is 0 Å². The van der Waals surface area contributed by atoms with E-state index in [1.54, 1.807) is 32.9 Å². The Morgan fingerprint density at radius 1 is 1.33 bits per heavy atom. The maximum Gasteiger partial charge on any atom is 0.410 e. The molecular weight excluding hydrogens is 314 g/mol. The highest BCUT2D eigenvalue weighted by Gasteiger charge is 2.31. The molecule has 1 amide bonds. The summed E-state index contributed by atoms with van der Waals surface area (Å²) in [7, 11) is -3.45. The largest absolute Gasteiger partial charge is 0.444 e. The van der Waals surface area contributed by atoms with Crippen molar-refractivity contribution in [1.82, 2.24) is 4.90 Å². The summed E-state index contributed by atoms with van der Waals surface area (Å²) in [5.41, 5.74) is -0.187. The molecule has 0 bridgehead atoms. The number of sulfone groups is 1. The van der Waals surface area contributed by atoms with E-state index in [-0.39, 0.29) is 23.7 Å². The van der Waals surface area contributed by atoms with Crippen LogP contribution in [0, 0.1) is 0 Å². The molecule has 0 fully saturated rings. The molecule has 21 heavy (non-hydrogen) atoms. The van der Waals surface area contributed by atoms with Crippen molar-refractivity contribution in [2.75, 3.05) is 12.3 Å². The van der Waals surface area contributed by atoms with Crippen LogP contribution in [0.1, 0.15) is 26.3 Å². The lowest BCUT2D eigenvalue weighted by atomic mass is 10.2. The lowest BCUT2D eigenvalue weighted by Crippen LogP contribution is -2.37. The van der Waals surface area contributed by atoms with Crippen molar-refractivity contribution >= 4 is 27.5 Å². The maximum absolute atomic E-state index is 12.3. The minimum Gasteiger partial charge on any atom is -0.444 e. The van der Waals surface area contributed by atoms with Crippen molar-refractivity contribution in [3.05, 3.63) is 28.8 Å². The van der Waals surface area contributed by atoms with E-state index < -0.39 is 21.5 Å². The molecule has 0 atom stereocenters. The molecule has 1 aliphatic heterocycles. The standard InChI is InChI=1S/C14H18ClNO4S/c1-14(2,3)20-13(17)16-7-8-21(18,19)12-6-4-5-11(15)10(12)9-16/h4-6H,7-9H2,1-3H3. The number of halogens is 1. The SMILES string of the molecule is CC(C)(C)OC(=O)N1CCS(=O)(=O)c2cccc(Cl)c2C1. The van der Waals surface area contributed by atoms with E-state index in [0.717, 1.165) is 0 Å². The topological polar surface area (TPSA) is 63.7 Å². The summed E-state index contributed by atoms with van der Waals surface area (Å²) < 4.78 is 29.8. The van der Waals surface area contributed by atoms with E-state index in [0.29, 0.717) is 10.6 Å². The molecule has 1 heterocycles. The lowest BCUT2D eigenvalue weighted by Gasteiger charge is -2.26. The summed E-state index contributed by atoms with van der Waals surface area (Å²) >= 11 is 6.10. The van der Waals surface area contributed by atoms with Crippen LogP contribution in [0.25, 0.3) is 0 Å². The third-order valence-corrected chi connectivity index (χ3v) is 5.17. The molecule has 0 spiro atoms. The molecule has 0 saturated heterocycles. The van der Waals surface area contributed by atoms with Crippen molar-refractivity contribution < 1.29 is 17.9 Å². The van der Waals surface area contributed by atoms with E-state index in [4.69, 9.17) is 16.3 Å². The van der Waals surface area contributed by atoms with Gasteiger partial charge >= 0.3 is 6.09 Å². The number of hydrogen-bond acceptors (Lipinski definition) is 4. The van der Waals surface area contributed by atoms with Crippen LogP contribution >= 0.6 is 11.6 Å². The fourth-order valence-electron chi connectivity index (χ4n) is 2.08. The summed E-state index contributed by atoms with van der Waals surface area (Å²) in [6.07, 6.45) is -0.537. The Kier molecular flexibility index (Phi) is 4.22. The van der Waals surface area contributed by atoms with E-state index in [1.807, 2.05) is 0 Å². The summed E-state index contributed by atoms with van der Waals surface area (Å²) in [5, 5.41) is 0.339. The smallest absolute Gasteiger partial charge is 0.410 e. The van der Waals surface area contributed by atoms with Gasteiger partial charge in [-0.15, -0.1) is 0 Å². The third-order valence-electron chi connectivity index (χ3n) is 3.04. The average molecular weight is 332 g/mol. The molecule has 2 rings (SSSR count). The van der Waals surface area contributed by atoms with Gasteiger partial charge in [-0.05, 0) is 32.9 Å². The minimum absolute atomic E-state index is 0.0856. The fourth-order valence-corrected chi connectivity index (χ4v) is 3.88. The van der Waals surface area contributed by atoms with Gasteiger partial charge in [-0.1, -0.05) is 17.7 Å². The van der Waals surface area contributed by atoms with Gasteiger partial charge in [-0.2, -0.15) is 0 Å². The fraction of sp³-hybridized carbons (Fsp3) is 0.500. The monoisotopic (exact) mass is 331 g/mol. The summed E-state index contributed by atoms with van der Waals surface area (Å²) in [6.45, 7) is 5.51. The van der Waals surface area contributed by atoms with Gasteiger partial charge in [0.25, 0.3) is 0 Å². The highest BCUT2D eigenvalue weighted by atomic mass is 35.5. The summed E-state index contributed by atoms with van der Waals surface area (Å²) in [5.74, 6) is -0.139. The molecule has 0 aliphatic carbocycles. The zero-order valence-electron chi connectivity index (χ0n) is 12.2. The highest BCUT2D eigenvalue weighted by molar-refractivity contribution is 7.91. The molecule has 0 N–H and O–H groups in total. The molecular formula is C14H18ClNO4S. The molecule has 116 valence electrons. The molecule has 0 saturated carbocycles. The van der Waals surface area contributed by atoms with Crippen molar-refractivity contribution in [1.29, 1.82) is 0 Å². The van der Waals surface area contributed by atoms with Crippen molar-refractivity contribution in [2.24, 2.45) is 0 Å². The minimum atomic E-state index is -3.45. The molecule has 0 aromatic heterocycles. The first-order valence-electron chi connectivity index (χ1n) is 6.58. The molecule has 5 nitrogen and oxygen atoms in total. The normalized spacial score (nSPS) is 17.8. The number of carbonyl (C=O) groups excluding carboxylic acids is 1. The lowest BCUT2D eigenvalue weighted by molar-refractivity contribution is 0.0247. The Hall–Kier alpha value is -1.27. The first-order chi connectivity index (χ1) is 9.60. The maximum atomic E-state index is 12.3. The molecule has 1 aromatic rings. The molecule has 0 unspecified atom stereocenters. The van der Waals surface area contributed by atoms with Crippen LogP contribution in [0.5, 0.6) is 0 Å². The number of ether oxygens (including phenoxy) is 1. The predicted octanol–water partition coefficient (Wildman–Crippen LogP) is 2.86. The van der Waals surface area contributed by atoms with Crippen molar-refractivity contribution in [2.45, 2.75) is 37.8 Å². The number of rotatable bonds is 0. The quantitative estimate of drug-likeness (QED) is 0.733. The summed E-state index contributed by atoms with van der Waals surface area (Å²) in [6, 6.07) is 4.74. The highest BCUT2D eigenvalue weighted by Crippen LogP contribution is 2.29. The van der Waals surface area contributed by atoms with Gasteiger partial charge in [0.15, 0.2) is 9.84 Å². The van der Waals surface area contributed by atoms with Crippen LogP contribution in [0.2, 0.25) is 5.02 Å². The van der Waals surface area contributed by atoms with Gasteiger partial charge in [0.05, 0.1) is 17.2 Å². The number of amides is 1. The van der Waals surface area contributed by atoms with Crippen LogP contribution in [0.3, 0.4) is 0 Å². The van der Waals surface area contributed by atoms with Gasteiger partial charge in [0.1, 0.15) is 5.60 Å². The Bertz CT molecular complexity index is 664. The van der Waals surface area contributed by atoms with Gasteiger partial charge in [-0.3, -0.25) is 0 Å². The second-order valence-corrected chi connectivity index (χ2v) is 8.42. The van der Waals surface area contributed by atoms with E-state index in [1.165, 1.54) is 11.0 Å². The van der Waals surface area contributed by atoms with Crippen LogP contribution in [0.4, 0.5) is 4.79 Å².